The van der Waals surface area contributed by atoms with Crippen LogP contribution in [0.2, 0.25) is 5.02 Å². The maximum atomic E-state index is 12.4. The van der Waals surface area contributed by atoms with Crippen molar-refractivity contribution in [2.24, 2.45) is 0 Å². The Kier molecular flexibility index (Phi) is 5.72. The number of carbonyl (C=O) groups excluding carboxylic acids is 2. The molecule has 0 atom stereocenters. The third-order valence-corrected chi connectivity index (χ3v) is 5.17. The van der Waals surface area contributed by atoms with Crippen LogP contribution in [-0.4, -0.2) is 11.8 Å². The molecule has 2 amide bonds. The number of rotatable bonds is 4. The molecule has 0 aliphatic heterocycles. The van der Waals surface area contributed by atoms with Crippen molar-refractivity contribution in [3.8, 4) is 0 Å². The summed E-state index contributed by atoms with van der Waals surface area (Å²) in [5, 5.41) is 7.76. The Balaban J connectivity index is 1.78. The fourth-order valence-electron chi connectivity index (χ4n) is 2.12. The van der Waals surface area contributed by atoms with E-state index in [0.717, 1.165) is 3.57 Å². The summed E-state index contributed by atoms with van der Waals surface area (Å²) in [6.07, 6.45) is 0. The van der Waals surface area contributed by atoms with Crippen LogP contribution in [-0.2, 0) is 0 Å². The van der Waals surface area contributed by atoms with Gasteiger partial charge in [-0.05, 0) is 70.4 Å². The summed E-state index contributed by atoms with van der Waals surface area (Å²) >= 11 is 9.66. The normalized spacial score (nSPS) is 10.3. The van der Waals surface area contributed by atoms with Crippen molar-refractivity contribution >= 4 is 68.7 Å². The Hall–Kier alpha value is -1.90. The van der Waals surface area contributed by atoms with Gasteiger partial charge in [-0.2, -0.15) is 0 Å². The Labute approximate surface area is 167 Å². The second kappa shape index (κ2) is 7.99. The fraction of sp³-hybridized carbons (Fsp3) is 0. The van der Waals surface area contributed by atoms with E-state index in [2.05, 4.69) is 33.2 Å². The standard InChI is InChI=1S/C18H12ClIN2O2S/c19-14-7-6-11(17(23)21-13-4-1-3-12(20)10-13)9-15(14)22-18(24)16-5-2-8-25-16/h1-10H,(H,21,23)(H,22,24). The predicted octanol–water partition coefficient (Wildman–Crippen LogP) is 5.51. The van der Waals surface area contributed by atoms with E-state index in [1.54, 1.807) is 30.3 Å². The van der Waals surface area contributed by atoms with Gasteiger partial charge in [-0.25, -0.2) is 0 Å². The fourth-order valence-corrected chi connectivity index (χ4v) is 3.45. The zero-order valence-corrected chi connectivity index (χ0v) is 16.5. The number of carbonyl (C=O) groups is 2. The average molecular weight is 483 g/mol. The van der Waals surface area contributed by atoms with Crippen molar-refractivity contribution in [3.05, 3.63) is 79.0 Å². The van der Waals surface area contributed by atoms with Gasteiger partial charge in [-0.15, -0.1) is 11.3 Å². The zero-order chi connectivity index (χ0) is 17.8. The molecule has 0 saturated heterocycles. The Morgan fingerprint density at radius 1 is 0.960 bits per heavy atom. The molecule has 0 aliphatic carbocycles. The maximum absolute atomic E-state index is 12.4. The summed E-state index contributed by atoms with van der Waals surface area (Å²) in [6.45, 7) is 0. The van der Waals surface area contributed by atoms with Gasteiger partial charge in [-0.3, -0.25) is 9.59 Å². The molecule has 3 rings (SSSR count). The minimum Gasteiger partial charge on any atom is -0.322 e. The van der Waals surface area contributed by atoms with Gasteiger partial charge in [0, 0.05) is 14.8 Å². The lowest BCUT2D eigenvalue weighted by molar-refractivity contribution is 0.101. The molecule has 3 aromatic rings. The summed E-state index contributed by atoms with van der Waals surface area (Å²) in [5.41, 5.74) is 1.51. The van der Waals surface area contributed by atoms with E-state index in [1.165, 1.54) is 11.3 Å². The number of hydrogen-bond donors (Lipinski definition) is 2. The molecule has 2 aromatic carbocycles. The topological polar surface area (TPSA) is 58.2 Å². The van der Waals surface area contributed by atoms with Crippen LogP contribution in [0.3, 0.4) is 0 Å². The Morgan fingerprint density at radius 3 is 2.52 bits per heavy atom. The predicted molar refractivity (Wildman–Crippen MR) is 111 cm³/mol. The highest BCUT2D eigenvalue weighted by molar-refractivity contribution is 14.1. The lowest BCUT2D eigenvalue weighted by atomic mass is 10.1. The quantitative estimate of drug-likeness (QED) is 0.482. The molecule has 0 aliphatic rings. The molecule has 0 unspecified atom stereocenters. The summed E-state index contributed by atoms with van der Waals surface area (Å²) in [5.74, 6) is -0.530. The molecule has 0 bridgehead atoms. The van der Waals surface area contributed by atoms with E-state index < -0.39 is 0 Å². The number of amides is 2. The minimum atomic E-state index is -0.273. The molecule has 126 valence electrons. The van der Waals surface area contributed by atoms with Gasteiger partial charge in [0.05, 0.1) is 15.6 Å². The number of halogens is 2. The highest BCUT2D eigenvalue weighted by Crippen LogP contribution is 2.25. The van der Waals surface area contributed by atoms with Crippen LogP contribution in [0.15, 0.2) is 60.0 Å². The Morgan fingerprint density at radius 2 is 1.80 bits per heavy atom. The van der Waals surface area contributed by atoms with Crippen LogP contribution >= 0.6 is 45.5 Å². The SMILES string of the molecule is O=C(Nc1cccc(I)c1)c1ccc(Cl)c(NC(=O)c2cccs2)c1. The van der Waals surface area contributed by atoms with Gasteiger partial charge in [0.25, 0.3) is 11.8 Å². The first-order chi connectivity index (χ1) is 12.0. The van der Waals surface area contributed by atoms with Crippen LogP contribution in [0, 0.1) is 3.57 Å². The smallest absolute Gasteiger partial charge is 0.265 e. The first-order valence-electron chi connectivity index (χ1n) is 7.24. The van der Waals surface area contributed by atoms with Crippen molar-refractivity contribution < 1.29 is 9.59 Å². The number of nitrogens with one attached hydrogen (secondary N) is 2. The van der Waals surface area contributed by atoms with Crippen molar-refractivity contribution in [2.75, 3.05) is 10.6 Å². The summed E-state index contributed by atoms with van der Waals surface area (Å²) in [6, 6.07) is 15.8. The average Bonchev–Trinajstić information content (AvgIpc) is 3.11. The van der Waals surface area contributed by atoms with E-state index in [4.69, 9.17) is 11.6 Å². The monoisotopic (exact) mass is 482 g/mol. The van der Waals surface area contributed by atoms with E-state index >= 15 is 0 Å². The molecule has 2 N–H and O–H groups in total. The van der Waals surface area contributed by atoms with Gasteiger partial charge in [0.15, 0.2) is 0 Å². The molecule has 0 fully saturated rings. The molecule has 0 spiro atoms. The molecule has 4 nitrogen and oxygen atoms in total. The summed E-state index contributed by atoms with van der Waals surface area (Å²) < 4.78 is 1.02. The molecule has 1 heterocycles. The van der Waals surface area contributed by atoms with Crippen molar-refractivity contribution in [2.45, 2.75) is 0 Å². The van der Waals surface area contributed by atoms with Gasteiger partial charge < -0.3 is 10.6 Å². The van der Waals surface area contributed by atoms with Gasteiger partial charge >= 0.3 is 0 Å². The Bertz CT molecular complexity index is 929. The van der Waals surface area contributed by atoms with Gasteiger partial charge in [-0.1, -0.05) is 23.7 Å². The van der Waals surface area contributed by atoms with Crippen LogP contribution < -0.4 is 10.6 Å². The van der Waals surface area contributed by atoms with Crippen molar-refractivity contribution in [3.63, 3.8) is 0 Å². The lowest BCUT2D eigenvalue weighted by Crippen LogP contribution is -2.14. The second-order valence-corrected chi connectivity index (χ2v) is 7.69. The van der Waals surface area contributed by atoms with Crippen LogP contribution in [0.4, 0.5) is 11.4 Å². The van der Waals surface area contributed by atoms with Crippen molar-refractivity contribution in [1.82, 2.24) is 0 Å². The third-order valence-electron chi connectivity index (χ3n) is 3.30. The lowest BCUT2D eigenvalue weighted by Gasteiger charge is -2.10. The number of anilines is 2. The second-order valence-electron chi connectivity index (χ2n) is 5.09. The van der Waals surface area contributed by atoms with E-state index in [0.29, 0.717) is 26.8 Å². The molecular formula is C18H12ClIN2O2S. The molecule has 0 radical (unpaired) electrons. The van der Waals surface area contributed by atoms with Crippen LogP contribution in [0.5, 0.6) is 0 Å². The highest BCUT2D eigenvalue weighted by atomic mass is 127. The highest BCUT2D eigenvalue weighted by Gasteiger charge is 2.13. The maximum Gasteiger partial charge on any atom is 0.265 e. The zero-order valence-electron chi connectivity index (χ0n) is 12.8. The minimum absolute atomic E-state index is 0.257. The molecule has 25 heavy (non-hydrogen) atoms. The van der Waals surface area contributed by atoms with Crippen LogP contribution in [0.25, 0.3) is 0 Å². The first kappa shape index (κ1) is 17.9. The molecular weight excluding hydrogens is 471 g/mol. The van der Waals surface area contributed by atoms with Crippen LogP contribution in [0.1, 0.15) is 20.0 Å². The van der Waals surface area contributed by atoms with Gasteiger partial charge in [0.2, 0.25) is 0 Å². The molecule has 0 saturated carbocycles. The summed E-state index contributed by atoms with van der Waals surface area (Å²) in [4.78, 5) is 25.2. The summed E-state index contributed by atoms with van der Waals surface area (Å²) in [7, 11) is 0. The first-order valence-corrected chi connectivity index (χ1v) is 9.58. The third kappa shape index (κ3) is 4.59. The number of benzene rings is 2. The van der Waals surface area contributed by atoms with Crippen molar-refractivity contribution in [1.29, 1.82) is 0 Å². The number of hydrogen-bond acceptors (Lipinski definition) is 3. The number of thiophene rings is 1. The van der Waals surface area contributed by atoms with E-state index in [-0.39, 0.29) is 11.8 Å². The molecule has 1 aromatic heterocycles. The van der Waals surface area contributed by atoms with Gasteiger partial charge in [0.1, 0.15) is 0 Å². The van der Waals surface area contributed by atoms with E-state index in [9.17, 15) is 9.59 Å². The largest absolute Gasteiger partial charge is 0.322 e. The van der Waals surface area contributed by atoms with E-state index in [1.807, 2.05) is 29.6 Å². The molecule has 7 heteroatoms.